The van der Waals surface area contributed by atoms with Crippen molar-refractivity contribution < 1.29 is 14.6 Å². The first-order valence-electron chi connectivity index (χ1n) is 7.41. The number of benzene rings is 1. The molecule has 2 rings (SSSR count). The minimum absolute atomic E-state index is 0.359. The summed E-state index contributed by atoms with van der Waals surface area (Å²) in [5, 5.41) is 12.8. The van der Waals surface area contributed by atoms with Gasteiger partial charge in [0.15, 0.2) is 0 Å². The number of hydrogen-bond acceptors (Lipinski definition) is 4. The average Bonchev–Trinajstić information content (AvgIpc) is 2.92. The van der Waals surface area contributed by atoms with Gasteiger partial charge in [-0.3, -0.25) is 0 Å². The van der Waals surface area contributed by atoms with E-state index in [2.05, 4.69) is 17.4 Å². The van der Waals surface area contributed by atoms with E-state index in [-0.39, 0.29) is 0 Å². The molecule has 0 amide bonds. The second-order valence-electron chi connectivity index (χ2n) is 5.41. The van der Waals surface area contributed by atoms with Crippen molar-refractivity contribution in [3.8, 4) is 5.75 Å². The first kappa shape index (κ1) is 15.3. The smallest absolute Gasteiger partial charge is 0.120 e. The lowest BCUT2D eigenvalue weighted by Crippen LogP contribution is -2.29. The fourth-order valence-electron chi connectivity index (χ4n) is 2.56. The monoisotopic (exact) mass is 279 g/mol. The highest BCUT2D eigenvalue weighted by Gasteiger charge is 2.16. The third-order valence-corrected chi connectivity index (χ3v) is 3.57. The number of aliphatic hydroxyl groups excluding tert-OH is 1. The third-order valence-electron chi connectivity index (χ3n) is 3.57. The van der Waals surface area contributed by atoms with Crippen molar-refractivity contribution in [3.05, 3.63) is 29.8 Å². The van der Waals surface area contributed by atoms with Crippen molar-refractivity contribution in [1.82, 2.24) is 5.32 Å². The van der Waals surface area contributed by atoms with E-state index in [1.165, 1.54) is 31.2 Å². The van der Waals surface area contributed by atoms with E-state index in [4.69, 9.17) is 9.47 Å². The third kappa shape index (κ3) is 5.12. The Morgan fingerprint density at radius 3 is 2.90 bits per heavy atom. The summed E-state index contributed by atoms with van der Waals surface area (Å²) in [7, 11) is 1.59. The highest BCUT2D eigenvalue weighted by molar-refractivity contribution is 5.28. The molecular formula is C16H25NO3. The predicted octanol–water partition coefficient (Wildman–Crippen LogP) is 2.10. The molecule has 0 radical (unpaired) electrons. The van der Waals surface area contributed by atoms with Gasteiger partial charge in [-0.15, -0.1) is 0 Å². The highest BCUT2D eigenvalue weighted by atomic mass is 16.5. The molecule has 1 aromatic rings. The summed E-state index contributed by atoms with van der Waals surface area (Å²) >= 11 is 0. The van der Waals surface area contributed by atoms with Gasteiger partial charge in [-0.25, -0.2) is 0 Å². The van der Waals surface area contributed by atoms with E-state index >= 15 is 0 Å². The maximum absolute atomic E-state index is 9.56. The maximum atomic E-state index is 9.56. The summed E-state index contributed by atoms with van der Waals surface area (Å²) in [6.07, 6.45) is 4.84. The number of rotatable bonds is 8. The molecular weight excluding hydrogens is 254 g/mol. The molecule has 0 spiro atoms. The van der Waals surface area contributed by atoms with Crippen LogP contribution in [0.5, 0.6) is 5.75 Å². The minimum Gasteiger partial charge on any atom is -0.490 e. The minimum atomic E-state index is -0.460. The number of ether oxygens (including phenoxy) is 2. The van der Waals surface area contributed by atoms with Crippen molar-refractivity contribution in [3.63, 3.8) is 0 Å². The number of nitrogens with one attached hydrogen (secondary N) is 1. The summed E-state index contributed by atoms with van der Waals surface area (Å²) < 4.78 is 10.9. The number of methoxy groups -OCH3 is 1. The van der Waals surface area contributed by atoms with E-state index in [0.717, 1.165) is 12.3 Å². The van der Waals surface area contributed by atoms with Gasteiger partial charge in [0, 0.05) is 20.2 Å². The molecule has 2 N–H and O–H groups in total. The molecule has 1 aliphatic carbocycles. The largest absolute Gasteiger partial charge is 0.490 e. The number of aliphatic hydroxyl groups is 1. The molecule has 0 heterocycles. The molecule has 1 saturated carbocycles. The molecule has 0 aromatic heterocycles. The van der Waals surface area contributed by atoms with Crippen molar-refractivity contribution in [2.75, 3.05) is 20.3 Å². The Morgan fingerprint density at radius 2 is 2.15 bits per heavy atom. The Morgan fingerprint density at radius 1 is 1.35 bits per heavy atom. The van der Waals surface area contributed by atoms with E-state index < -0.39 is 6.10 Å². The van der Waals surface area contributed by atoms with Gasteiger partial charge in [0.05, 0.1) is 18.8 Å². The Hall–Kier alpha value is -1.10. The Bertz CT molecular complexity index is 391. The fraction of sp³-hybridized carbons (Fsp3) is 0.625. The molecule has 4 heteroatoms. The Balaban J connectivity index is 1.76. The SMILES string of the molecule is COCC(O)CNCc1cccc(OC2CCCC2)c1. The van der Waals surface area contributed by atoms with Crippen LogP contribution in [-0.4, -0.2) is 37.6 Å². The van der Waals surface area contributed by atoms with Crippen LogP contribution in [0.2, 0.25) is 0 Å². The molecule has 1 unspecified atom stereocenters. The van der Waals surface area contributed by atoms with E-state index in [1.54, 1.807) is 7.11 Å². The summed E-state index contributed by atoms with van der Waals surface area (Å²) in [6, 6.07) is 8.18. The summed E-state index contributed by atoms with van der Waals surface area (Å²) in [5.74, 6) is 0.952. The lowest BCUT2D eigenvalue weighted by atomic mass is 10.2. The quantitative estimate of drug-likeness (QED) is 0.765. The van der Waals surface area contributed by atoms with E-state index in [9.17, 15) is 5.11 Å². The first-order chi connectivity index (χ1) is 9.78. The molecule has 4 nitrogen and oxygen atoms in total. The molecule has 0 saturated heterocycles. The second-order valence-corrected chi connectivity index (χ2v) is 5.41. The lowest BCUT2D eigenvalue weighted by Gasteiger charge is -2.14. The molecule has 20 heavy (non-hydrogen) atoms. The van der Waals surface area contributed by atoms with Crippen LogP contribution in [0, 0.1) is 0 Å². The van der Waals surface area contributed by atoms with Crippen LogP contribution in [0.15, 0.2) is 24.3 Å². The Labute approximate surface area is 121 Å². The topological polar surface area (TPSA) is 50.7 Å². The van der Waals surface area contributed by atoms with Crippen molar-refractivity contribution in [2.24, 2.45) is 0 Å². The van der Waals surface area contributed by atoms with Crippen molar-refractivity contribution in [2.45, 2.75) is 44.4 Å². The molecule has 0 bridgehead atoms. The molecule has 1 aliphatic rings. The van der Waals surface area contributed by atoms with Gasteiger partial charge < -0.3 is 19.9 Å². The van der Waals surface area contributed by atoms with Gasteiger partial charge in [0.25, 0.3) is 0 Å². The molecule has 1 atom stereocenters. The van der Waals surface area contributed by atoms with Crippen LogP contribution in [-0.2, 0) is 11.3 Å². The van der Waals surface area contributed by atoms with Gasteiger partial charge in [0.2, 0.25) is 0 Å². The highest BCUT2D eigenvalue weighted by Crippen LogP contribution is 2.24. The maximum Gasteiger partial charge on any atom is 0.120 e. The average molecular weight is 279 g/mol. The van der Waals surface area contributed by atoms with Gasteiger partial charge in [-0.1, -0.05) is 12.1 Å². The predicted molar refractivity (Wildman–Crippen MR) is 78.9 cm³/mol. The molecule has 1 aromatic carbocycles. The van der Waals surface area contributed by atoms with Crippen LogP contribution in [0.3, 0.4) is 0 Å². The van der Waals surface area contributed by atoms with E-state index in [0.29, 0.717) is 19.3 Å². The summed E-state index contributed by atoms with van der Waals surface area (Å²) in [5.41, 5.74) is 1.17. The van der Waals surface area contributed by atoms with Gasteiger partial charge in [-0.05, 0) is 43.4 Å². The second kappa shape index (κ2) is 8.25. The lowest BCUT2D eigenvalue weighted by molar-refractivity contribution is 0.0644. The standard InChI is InChI=1S/C16H25NO3/c1-19-12-14(18)11-17-10-13-5-4-8-16(9-13)20-15-6-2-3-7-15/h4-5,8-9,14-15,17-18H,2-3,6-7,10-12H2,1H3. The zero-order valence-corrected chi connectivity index (χ0v) is 12.2. The van der Waals surface area contributed by atoms with Gasteiger partial charge in [0.1, 0.15) is 5.75 Å². The zero-order chi connectivity index (χ0) is 14.2. The fourth-order valence-corrected chi connectivity index (χ4v) is 2.56. The van der Waals surface area contributed by atoms with Gasteiger partial charge >= 0.3 is 0 Å². The van der Waals surface area contributed by atoms with Crippen LogP contribution in [0.1, 0.15) is 31.2 Å². The van der Waals surface area contributed by atoms with Crippen LogP contribution in [0.4, 0.5) is 0 Å². The first-order valence-corrected chi connectivity index (χ1v) is 7.41. The number of hydrogen-bond donors (Lipinski definition) is 2. The zero-order valence-electron chi connectivity index (χ0n) is 12.2. The Kier molecular flexibility index (Phi) is 6.30. The summed E-state index contributed by atoms with van der Waals surface area (Å²) in [6.45, 7) is 1.61. The van der Waals surface area contributed by atoms with Crippen molar-refractivity contribution in [1.29, 1.82) is 0 Å². The molecule has 1 fully saturated rings. The van der Waals surface area contributed by atoms with E-state index in [1.807, 2.05) is 12.1 Å². The molecule has 112 valence electrons. The van der Waals surface area contributed by atoms with Gasteiger partial charge in [-0.2, -0.15) is 0 Å². The van der Waals surface area contributed by atoms with Crippen molar-refractivity contribution >= 4 is 0 Å². The van der Waals surface area contributed by atoms with Crippen LogP contribution >= 0.6 is 0 Å². The van der Waals surface area contributed by atoms with Crippen LogP contribution < -0.4 is 10.1 Å². The van der Waals surface area contributed by atoms with Crippen LogP contribution in [0.25, 0.3) is 0 Å². The summed E-state index contributed by atoms with van der Waals surface area (Å²) in [4.78, 5) is 0. The molecule has 0 aliphatic heterocycles. The normalized spacial score (nSPS) is 17.3.